The van der Waals surface area contributed by atoms with Gasteiger partial charge in [0.2, 0.25) is 0 Å². The number of piperazine rings is 1. The van der Waals surface area contributed by atoms with Gasteiger partial charge in [0.15, 0.2) is 5.96 Å². The van der Waals surface area contributed by atoms with Gasteiger partial charge < -0.3 is 10.2 Å². The number of aliphatic imine (C=N–C) groups is 1. The Labute approximate surface area is 149 Å². The molecule has 2 aliphatic rings. The van der Waals surface area contributed by atoms with Crippen LogP contribution < -0.4 is 5.32 Å². The van der Waals surface area contributed by atoms with Crippen LogP contribution >= 0.6 is 0 Å². The highest BCUT2D eigenvalue weighted by atomic mass is 19.4. The van der Waals surface area contributed by atoms with E-state index in [1.807, 2.05) is 4.90 Å². The molecule has 0 aliphatic carbocycles. The lowest BCUT2D eigenvalue weighted by atomic mass is 10.2. The molecule has 26 heavy (non-hydrogen) atoms. The van der Waals surface area contributed by atoms with E-state index in [9.17, 15) is 26.3 Å². The molecule has 2 fully saturated rings. The van der Waals surface area contributed by atoms with E-state index in [1.165, 1.54) is 9.80 Å². The van der Waals surface area contributed by atoms with Gasteiger partial charge in [-0.3, -0.25) is 14.8 Å². The summed E-state index contributed by atoms with van der Waals surface area (Å²) in [6.07, 6.45) is -7.91. The molecule has 0 radical (unpaired) electrons. The second-order valence-electron chi connectivity index (χ2n) is 6.77. The maximum absolute atomic E-state index is 12.8. The maximum Gasteiger partial charge on any atom is 0.403 e. The average molecular weight is 389 g/mol. The molecule has 0 spiro atoms. The lowest BCUT2D eigenvalue weighted by molar-refractivity contribution is -0.181. The van der Waals surface area contributed by atoms with Crippen molar-refractivity contribution in [2.24, 2.45) is 4.99 Å². The van der Waals surface area contributed by atoms with Gasteiger partial charge >= 0.3 is 12.4 Å². The average Bonchev–Trinajstić information content (AvgIpc) is 2.96. The second kappa shape index (κ2) is 8.20. The van der Waals surface area contributed by atoms with Crippen LogP contribution in [0, 0.1) is 0 Å². The van der Waals surface area contributed by atoms with Crippen molar-refractivity contribution in [3.8, 4) is 0 Å². The van der Waals surface area contributed by atoms with Gasteiger partial charge in [0.05, 0.1) is 6.54 Å². The molecule has 0 amide bonds. The van der Waals surface area contributed by atoms with E-state index in [4.69, 9.17) is 0 Å². The Balaban J connectivity index is 1.82. The van der Waals surface area contributed by atoms with Crippen LogP contribution in [-0.2, 0) is 0 Å². The third-order valence-electron chi connectivity index (χ3n) is 4.86. The molecule has 2 aliphatic heterocycles. The molecule has 2 rings (SSSR count). The number of nitrogens with zero attached hydrogens (tertiary/aromatic N) is 4. The summed E-state index contributed by atoms with van der Waals surface area (Å²) in [6.45, 7) is 2.12. The summed E-state index contributed by atoms with van der Waals surface area (Å²) in [4.78, 5) is 8.72. The lowest BCUT2D eigenvalue weighted by Crippen LogP contribution is -2.57. The fraction of sp³-hybridized carbons (Fsp3) is 0.933. The maximum atomic E-state index is 12.8. The first-order valence-electron chi connectivity index (χ1n) is 8.57. The van der Waals surface area contributed by atoms with Crippen LogP contribution in [0.5, 0.6) is 0 Å². The molecular formula is C15H25F6N5. The Kier molecular flexibility index (Phi) is 6.65. The number of rotatable bonds is 3. The first kappa shape index (κ1) is 21.1. The Hall–Kier alpha value is -1.23. The predicted octanol–water partition coefficient (Wildman–Crippen LogP) is 1.77. The zero-order chi connectivity index (χ0) is 19.5. The summed E-state index contributed by atoms with van der Waals surface area (Å²) < 4.78 is 75.8. The lowest BCUT2D eigenvalue weighted by Gasteiger charge is -2.40. The van der Waals surface area contributed by atoms with Gasteiger partial charge in [-0.1, -0.05) is 0 Å². The molecular weight excluding hydrogens is 364 g/mol. The largest absolute Gasteiger partial charge is 0.403 e. The minimum atomic E-state index is -4.26. The van der Waals surface area contributed by atoms with E-state index >= 15 is 0 Å². The van der Waals surface area contributed by atoms with E-state index in [1.54, 1.807) is 7.05 Å². The van der Waals surface area contributed by atoms with Crippen molar-refractivity contribution in [3.63, 3.8) is 0 Å². The van der Waals surface area contributed by atoms with E-state index in [0.29, 0.717) is 32.0 Å². The quantitative estimate of drug-likeness (QED) is 0.453. The Bertz CT molecular complexity index is 484. The predicted molar refractivity (Wildman–Crippen MR) is 86.1 cm³/mol. The third-order valence-corrected chi connectivity index (χ3v) is 4.86. The first-order chi connectivity index (χ1) is 12.0. The molecule has 2 saturated heterocycles. The van der Waals surface area contributed by atoms with Crippen LogP contribution in [0.1, 0.15) is 13.3 Å². The molecule has 0 aromatic carbocycles. The van der Waals surface area contributed by atoms with Crippen molar-refractivity contribution < 1.29 is 26.3 Å². The topological polar surface area (TPSA) is 34.1 Å². The van der Waals surface area contributed by atoms with Crippen LogP contribution in [0.3, 0.4) is 0 Å². The van der Waals surface area contributed by atoms with E-state index < -0.39 is 24.9 Å². The summed E-state index contributed by atoms with van der Waals surface area (Å²) in [5.74, 6) is 0.531. The third kappa shape index (κ3) is 5.90. The van der Waals surface area contributed by atoms with Crippen molar-refractivity contribution in [1.29, 1.82) is 0 Å². The number of alkyl halides is 6. The summed E-state index contributed by atoms with van der Waals surface area (Å²) in [6, 6.07) is -1.64. The molecule has 5 nitrogen and oxygen atoms in total. The van der Waals surface area contributed by atoms with Gasteiger partial charge in [0, 0.05) is 52.4 Å². The van der Waals surface area contributed by atoms with Gasteiger partial charge in [-0.25, -0.2) is 0 Å². The van der Waals surface area contributed by atoms with Crippen LogP contribution in [0.15, 0.2) is 4.99 Å². The zero-order valence-electron chi connectivity index (χ0n) is 14.9. The standard InChI is InChI=1S/C15H25F6N5/c1-11(15(19,20)21)25-5-7-26(8-6-25)13(22-2)23-12-3-4-24(9-12)10-14(16,17)18/h11-12H,3-10H2,1-2H3,(H,22,23). The van der Waals surface area contributed by atoms with Crippen molar-refractivity contribution in [1.82, 2.24) is 20.0 Å². The van der Waals surface area contributed by atoms with Crippen LogP contribution in [0.25, 0.3) is 0 Å². The molecule has 1 N–H and O–H groups in total. The van der Waals surface area contributed by atoms with Crippen LogP contribution in [0.2, 0.25) is 0 Å². The fourth-order valence-corrected chi connectivity index (χ4v) is 3.36. The van der Waals surface area contributed by atoms with E-state index in [2.05, 4.69) is 10.3 Å². The normalized spacial score (nSPS) is 25.6. The number of hydrogen-bond donors (Lipinski definition) is 1. The van der Waals surface area contributed by atoms with Gasteiger partial charge in [-0.05, 0) is 13.3 Å². The molecule has 2 heterocycles. The van der Waals surface area contributed by atoms with Crippen molar-refractivity contribution in [3.05, 3.63) is 0 Å². The zero-order valence-corrected chi connectivity index (χ0v) is 14.9. The summed E-state index contributed by atoms with van der Waals surface area (Å²) in [5, 5.41) is 3.15. The summed E-state index contributed by atoms with van der Waals surface area (Å²) in [5.41, 5.74) is 0. The Morgan fingerprint density at radius 3 is 2.19 bits per heavy atom. The van der Waals surface area contributed by atoms with Gasteiger partial charge in [0.25, 0.3) is 0 Å². The second-order valence-corrected chi connectivity index (χ2v) is 6.77. The molecule has 0 aromatic rings. The van der Waals surface area contributed by atoms with E-state index in [0.717, 1.165) is 6.92 Å². The Morgan fingerprint density at radius 2 is 1.69 bits per heavy atom. The van der Waals surface area contributed by atoms with Crippen molar-refractivity contribution in [2.45, 2.75) is 37.8 Å². The minimum Gasteiger partial charge on any atom is -0.352 e. The summed E-state index contributed by atoms with van der Waals surface area (Å²) >= 11 is 0. The smallest absolute Gasteiger partial charge is 0.352 e. The number of halogens is 6. The molecule has 11 heteroatoms. The number of hydrogen-bond acceptors (Lipinski definition) is 3. The number of likely N-dealkylation sites (tertiary alicyclic amines) is 1. The number of nitrogens with one attached hydrogen (secondary N) is 1. The first-order valence-corrected chi connectivity index (χ1v) is 8.57. The monoisotopic (exact) mass is 389 g/mol. The highest BCUT2D eigenvalue weighted by molar-refractivity contribution is 5.80. The van der Waals surface area contributed by atoms with Gasteiger partial charge in [-0.15, -0.1) is 0 Å². The fourth-order valence-electron chi connectivity index (χ4n) is 3.36. The van der Waals surface area contributed by atoms with Gasteiger partial charge in [0.1, 0.15) is 6.04 Å². The minimum absolute atomic E-state index is 0.150. The highest BCUT2D eigenvalue weighted by Crippen LogP contribution is 2.25. The molecule has 2 atom stereocenters. The number of guanidine groups is 1. The molecule has 2 unspecified atom stereocenters. The highest BCUT2D eigenvalue weighted by Gasteiger charge is 2.41. The molecule has 152 valence electrons. The SMILES string of the molecule is CN=C(NC1CCN(CC(F)(F)F)C1)N1CCN(C(C)C(F)(F)F)CC1. The van der Waals surface area contributed by atoms with Gasteiger partial charge in [-0.2, -0.15) is 26.3 Å². The van der Waals surface area contributed by atoms with Crippen LogP contribution in [0.4, 0.5) is 26.3 Å². The van der Waals surface area contributed by atoms with E-state index in [-0.39, 0.29) is 25.7 Å². The molecule has 0 saturated carbocycles. The van der Waals surface area contributed by atoms with Crippen molar-refractivity contribution >= 4 is 5.96 Å². The van der Waals surface area contributed by atoms with Crippen LogP contribution in [-0.4, -0.2) is 98.0 Å². The summed E-state index contributed by atoms with van der Waals surface area (Å²) in [7, 11) is 1.56. The molecule has 0 aromatic heterocycles. The molecule has 0 bridgehead atoms. The van der Waals surface area contributed by atoms with Crippen molar-refractivity contribution in [2.75, 3.05) is 52.9 Å². The Morgan fingerprint density at radius 1 is 1.08 bits per heavy atom.